The third-order valence-electron chi connectivity index (χ3n) is 3.96. The molecule has 1 atom stereocenters. The summed E-state index contributed by atoms with van der Waals surface area (Å²) in [7, 11) is 0. The van der Waals surface area contributed by atoms with Crippen LogP contribution in [-0.2, 0) is 16.1 Å². The molecule has 0 aliphatic carbocycles. The molecular weight excluding hydrogens is 348 g/mol. The van der Waals surface area contributed by atoms with Crippen molar-refractivity contribution in [1.82, 2.24) is 5.48 Å². The molecule has 138 valence electrons. The molecule has 1 unspecified atom stereocenters. The summed E-state index contributed by atoms with van der Waals surface area (Å²) in [5, 5.41) is 8.53. The van der Waals surface area contributed by atoms with Crippen LogP contribution in [0, 0.1) is 5.41 Å². The highest BCUT2D eigenvalue weighted by atomic mass is 16.7. The Balaban J connectivity index is 1.63. The number of benzene rings is 2. The van der Waals surface area contributed by atoms with E-state index in [0.29, 0.717) is 16.3 Å². The van der Waals surface area contributed by atoms with Gasteiger partial charge in [0.15, 0.2) is 0 Å². The Bertz CT molecular complexity index is 997. The molecule has 0 saturated carbocycles. The van der Waals surface area contributed by atoms with Crippen LogP contribution in [0.3, 0.4) is 0 Å². The lowest BCUT2D eigenvalue weighted by Crippen LogP contribution is -2.39. The summed E-state index contributed by atoms with van der Waals surface area (Å²) in [5.74, 6) is -1.60. The van der Waals surface area contributed by atoms with E-state index in [-0.39, 0.29) is 18.0 Å². The molecule has 0 saturated heterocycles. The Labute approximate surface area is 154 Å². The third-order valence-corrected chi connectivity index (χ3v) is 3.96. The van der Waals surface area contributed by atoms with Gasteiger partial charge in [0.1, 0.15) is 11.9 Å². The molecule has 0 fully saturated rings. The average Bonchev–Trinajstić information content (AvgIpc) is 3.09. The summed E-state index contributed by atoms with van der Waals surface area (Å²) in [6, 6.07) is 13.1. The second kappa shape index (κ2) is 7.71. The fourth-order valence-corrected chi connectivity index (χ4v) is 2.57. The summed E-state index contributed by atoms with van der Waals surface area (Å²) in [6.45, 7) is 0. The molecule has 1 amide bonds. The zero-order valence-electron chi connectivity index (χ0n) is 14.3. The standard InChI is InChI=1S/C19H18N4O4/c20-15(8-11-4-2-1-3-5-11)19(25)27-23-18(24)16-14-7-6-12(17(21)22)9-13(14)10-26-16/h1-7,9-10,15H,8,20H2,(H3,21,22)(H,23,24). The summed E-state index contributed by atoms with van der Waals surface area (Å²) < 4.78 is 5.25. The SMILES string of the molecule is N=C(N)c1ccc2c(C(=O)NOC(=O)C(N)Cc3ccccc3)occ2c1. The van der Waals surface area contributed by atoms with E-state index < -0.39 is 17.9 Å². The van der Waals surface area contributed by atoms with Gasteiger partial charge in [0.25, 0.3) is 0 Å². The van der Waals surface area contributed by atoms with Crippen LogP contribution in [0.5, 0.6) is 0 Å². The predicted molar refractivity (Wildman–Crippen MR) is 98.9 cm³/mol. The Morgan fingerprint density at radius 1 is 1.19 bits per heavy atom. The van der Waals surface area contributed by atoms with Crippen molar-refractivity contribution in [2.45, 2.75) is 12.5 Å². The summed E-state index contributed by atoms with van der Waals surface area (Å²) in [6.07, 6.45) is 1.65. The molecule has 1 heterocycles. The monoisotopic (exact) mass is 366 g/mol. The van der Waals surface area contributed by atoms with Crippen molar-refractivity contribution in [1.29, 1.82) is 5.41 Å². The highest BCUT2D eigenvalue weighted by Gasteiger charge is 2.20. The first kappa shape index (κ1) is 18.2. The van der Waals surface area contributed by atoms with Gasteiger partial charge in [-0.05, 0) is 24.1 Å². The second-order valence-electron chi connectivity index (χ2n) is 5.93. The highest BCUT2D eigenvalue weighted by molar-refractivity contribution is 6.07. The minimum atomic E-state index is -0.917. The molecule has 6 N–H and O–H groups in total. The van der Waals surface area contributed by atoms with Crippen molar-refractivity contribution in [3.8, 4) is 0 Å². The normalized spacial score (nSPS) is 11.7. The molecule has 1 aromatic heterocycles. The Kier molecular flexibility index (Phi) is 5.18. The average molecular weight is 366 g/mol. The number of amidine groups is 1. The van der Waals surface area contributed by atoms with Crippen LogP contribution in [0.1, 0.15) is 21.7 Å². The van der Waals surface area contributed by atoms with Gasteiger partial charge in [0.05, 0.1) is 6.26 Å². The lowest BCUT2D eigenvalue weighted by atomic mass is 10.1. The van der Waals surface area contributed by atoms with Gasteiger partial charge in [-0.25, -0.2) is 4.79 Å². The number of amides is 1. The minimum absolute atomic E-state index is 0.0236. The molecule has 0 spiro atoms. The molecule has 8 nitrogen and oxygen atoms in total. The van der Waals surface area contributed by atoms with Crippen LogP contribution in [0.2, 0.25) is 0 Å². The summed E-state index contributed by atoms with van der Waals surface area (Å²) in [4.78, 5) is 29.0. The van der Waals surface area contributed by atoms with Gasteiger partial charge < -0.3 is 20.7 Å². The number of hydrogen-bond acceptors (Lipinski definition) is 6. The number of rotatable bonds is 5. The molecule has 3 aromatic rings. The van der Waals surface area contributed by atoms with Crippen LogP contribution in [-0.4, -0.2) is 23.8 Å². The molecule has 0 bridgehead atoms. The molecule has 0 aliphatic heterocycles. The van der Waals surface area contributed by atoms with E-state index in [4.69, 9.17) is 26.1 Å². The van der Waals surface area contributed by atoms with Crippen LogP contribution in [0.4, 0.5) is 0 Å². The van der Waals surface area contributed by atoms with Gasteiger partial charge >= 0.3 is 11.9 Å². The van der Waals surface area contributed by atoms with E-state index in [2.05, 4.69) is 5.48 Å². The fraction of sp³-hybridized carbons (Fsp3) is 0.105. The maximum absolute atomic E-state index is 12.2. The van der Waals surface area contributed by atoms with Crippen molar-refractivity contribution in [3.63, 3.8) is 0 Å². The number of hydroxylamine groups is 1. The number of fused-ring (bicyclic) bond motifs is 1. The Morgan fingerprint density at radius 3 is 2.63 bits per heavy atom. The van der Waals surface area contributed by atoms with Crippen molar-refractivity contribution in [3.05, 3.63) is 71.7 Å². The van der Waals surface area contributed by atoms with Gasteiger partial charge in [0, 0.05) is 16.3 Å². The van der Waals surface area contributed by atoms with Gasteiger partial charge in [-0.3, -0.25) is 10.2 Å². The topological polar surface area (TPSA) is 144 Å². The van der Waals surface area contributed by atoms with E-state index in [1.54, 1.807) is 18.2 Å². The van der Waals surface area contributed by atoms with E-state index in [1.807, 2.05) is 30.3 Å². The molecular formula is C19H18N4O4. The molecule has 2 aromatic carbocycles. The van der Waals surface area contributed by atoms with Crippen molar-refractivity contribution in [2.24, 2.45) is 11.5 Å². The minimum Gasteiger partial charge on any atom is -0.458 e. The molecule has 8 heteroatoms. The number of carbonyl (C=O) groups is 2. The largest absolute Gasteiger partial charge is 0.458 e. The van der Waals surface area contributed by atoms with E-state index in [0.717, 1.165) is 5.56 Å². The van der Waals surface area contributed by atoms with Gasteiger partial charge in [-0.15, -0.1) is 0 Å². The van der Waals surface area contributed by atoms with E-state index >= 15 is 0 Å². The summed E-state index contributed by atoms with van der Waals surface area (Å²) in [5.41, 5.74) is 14.7. The maximum Gasteiger partial charge on any atom is 0.349 e. The second-order valence-corrected chi connectivity index (χ2v) is 5.93. The number of hydrogen-bond donors (Lipinski definition) is 4. The number of furan rings is 1. The van der Waals surface area contributed by atoms with E-state index in [1.165, 1.54) is 6.26 Å². The third kappa shape index (κ3) is 4.13. The van der Waals surface area contributed by atoms with Crippen molar-refractivity contribution >= 4 is 28.5 Å². The molecule has 27 heavy (non-hydrogen) atoms. The van der Waals surface area contributed by atoms with Gasteiger partial charge in [-0.1, -0.05) is 36.4 Å². The van der Waals surface area contributed by atoms with Gasteiger partial charge in [0.2, 0.25) is 5.76 Å². The zero-order valence-corrected chi connectivity index (χ0v) is 14.3. The number of carbonyl (C=O) groups excluding carboxylic acids is 2. The molecule has 3 rings (SSSR count). The summed E-state index contributed by atoms with van der Waals surface area (Å²) >= 11 is 0. The lowest BCUT2D eigenvalue weighted by molar-refractivity contribution is -0.150. The first-order valence-corrected chi connectivity index (χ1v) is 8.12. The van der Waals surface area contributed by atoms with Crippen molar-refractivity contribution < 1.29 is 18.8 Å². The quantitative estimate of drug-likeness (QED) is 0.306. The smallest absolute Gasteiger partial charge is 0.349 e. The van der Waals surface area contributed by atoms with Crippen molar-refractivity contribution in [2.75, 3.05) is 0 Å². The first-order valence-electron chi connectivity index (χ1n) is 8.12. The highest BCUT2D eigenvalue weighted by Crippen LogP contribution is 2.22. The van der Waals surface area contributed by atoms with Gasteiger partial charge in [-0.2, -0.15) is 5.48 Å². The Morgan fingerprint density at radius 2 is 1.93 bits per heavy atom. The van der Waals surface area contributed by atoms with Crippen LogP contribution < -0.4 is 16.9 Å². The zero-order chi connectivity index (χ0) is 19.4. The number of nitrogens with two attached hydrogens (primary N) is 2. The van der Waals surface area contributed by atoms with Crippen LogP contribution in [0.15, 0.2) is 59.2 Å². The fourth-order valence-electron chi connectivity index (χ4n) is 2.57. The predicted octanol–water partition coefficient (Wildman–Crippen LogP) is 1.47. The van der Waals surface area contributed by atoms with Crippen LogP contribution >= 0.6 is 0 Å². The van der Waals surface area contributed by atoms with Crippen LogP contribution in [0.25, 0.3) is 10.8 Å². The number of nitrogen functional groups attached to an aromatic ring is 1. The number of nitrogens with one attached hydrogen (secondary N) is 2. The molecule has 0 radical (unpaired) electrons. The maximum atomic E-state index is 12.2. The first-order chi connectivity index (χ1) is 13.0. The van der Waals surface area contributed by atoms with E-state index in [9.17, 15) is 9.59 Å². The molecule has 0 aliphatic rings. The Hall–Kier alpha value is -3.65. The lowest BCUT2D eigenvalue weighted by Gasteiger charge is -2.11.